The number of rotatable bonds is 3. The topological polar surface area (TPSA) is 26.3 Å². The molecule has 0 aromatic carbocycles. The Kier molecular flexibility index (Phi) is 4.20. The maximum Gasteiger partial charge on any atom is 0.374 e. The molecule has 0 aliphatic heterocycles. The largest absolute Gasteiger partial charge is 0.374 e. The lowest BCUT2D eigenvalue weighted by Gasteiger charge is -1.90. The Bertz CT molecular complexity index is 161. The van der Waals surface area contributed by atoms with Crippen molar-refractivity contribution in [2.75, 3.05) is 0 Å². The van der Waals surface area contributed by atoms with Crippen molar-refractivity contribution in [1.82, 2.24) is 0 Å². The third-order valence-corrected chi connectivity index (χ3v) is 0.983. The number of halogens is 1. The van der Waals surface area contributed by atoms with Crippen molar-refractivity contribution >= 4 is 5.97 Å². The van der Waals surface area contributed by atoms with Gasteiger partial charge in [-0.25, -0.2) is 9.74 Å². The first-order valence-electron chi connectivity index (χ1n) is 2.83. The molecule has 0 saturated carbocycles. The maximum atomic E-state index is 11.1. The Morgan fingerprint density at radius 2 is 2.40 bits per heavy atom. The molecule has 0 radical (unpaired) electrons. The van der Waals surface area contributed by atoms with E-state index in [1.807, 2.05) is 0 Å². The van der Waals surface area contributed by atoms with E-state index in [0.29, 0.717) is 6.42 Å². The molecule has 0 spiro atoms. The zero-order chi connectivity index (χ0) is 7.98. The molecule has 56 valence electrons. The van der Waals surface area contributed by atoms with Gasteiger partial charge in [-0.15, -0.1) is 6.58 Å². The molecule has 0 saturated heterocycles. The SMILES string of the molecule is C=CCC=C(C)C(=O)OF. The van der Waals surface area contributed by atoms with Gasteiger partial charge in [0.05, 0.1) is 0 Å². The summed E-state index contributed by atoms with van der Waals surface area (Å²) in [5.74, 6) is -0.943. The average molecular weight is 144 g/mol. The van der Waals surface area contributed by atoms with Crippen LogP contribution in [0, 0.1) is 0 Å². The van der Waals surface area contributed by atoms with E-state index in [4.69, 9.17) is 0 Å². The normalized spacial score (nSPS) is 10.8. The molecule has 0 amide bonds. The minimum absolute atomic E-state index is 0.252. The molecule has 0 fully saturated rings. The highest BCUT2D eigenvalue weighted by molar-refractivity contribution is 5.87. The zero-order valence-electron chi connectivity index (χ0n) is 5.76. The van der Waals surface area contributed by atoms with Crippen molar-refractivity contribution in [2.24, 2.45) is 0 Å². The molecule has 10 heavy (non-hydrogen) atoms. The second-order valence-corrected chi connectivity index (χ2v) is 1.78. The summed E-state index contributed by atoms with van der Waals surface area (Å²) in [4.78, 5) is 13.3. The van der Waals surface area contributed by atoms with Gasteiger partial charge in [-0.1, -0.05) is 12.2 Å². The lowest BCUT2D eigenvalue weighted by molar-refractivity contribution is -0.178. The van der Waals surface area contributed by atoms with Crippen LogP contribution in [0.4, 0.5) is 4.53 Å². The molecule has 0 bridgehead atoms. The van der Waals surface area contributed by atoms with Gasteiger partial charge in [0.2, 0.25) is 0 Å². The Labute approximate surface area is 58.9 Å². The average Bonchev–Trinajstić information content (AvgIpc) is 1.98. The van der Waals surface area contributed by atoms with E-state index in [9.17, 15) is 9.32 Å². The summed E-state index contributed by atoms with van der Waals surface area (Å²) in [5.41, 5.74) is 0.252. The standard InChI is InChI=1S/C7H9FO2/c1-3-4-5-6(2)7(9)10-8/h3,5H,1,4H2,2H3. The van der Waals surface area contributed by atoms with Crippen molar-refractivity contribution < 1.29 is 14.3 Å². The Hall–Kier alpha value is -1.12. The smallest absolute Gasteiger partial charge is 0.250 e. The fraction of sp³-hybridized carbons (Fsp3) is 0.286. The highest BCUT2D eigenvalue weighted by atomic mass is 19.3. The van der Waals surface area contributed by atoms with Gasteiger partial charge in [-0.2, -0.15) is 0 Å². The van der Waals surface area contributed by atoms with Crippen molar-refractivity contribution in [3.63, 3.8) is 0 Å². The van der Waals surface area contributed by atoms with Gasteiger partial charge in [0.1, 0.15) is 0 Å². The number of carbonyl (C=O) groups is 1. The molecule has 0 aromatic rings. The monoisotopic (exact) mass is 144 g/mol. The van der Waals surface area contributed by atoms with Crippen LogP contribution in [0.1, 0.15) is 13.3 Å². The van der Waals surface area contributed by atoms with Crippen LogP contribution in [0.5, 0.6) is 0 Å². The zero-order valence-corrected chi connectivity index (χ0v) is 5.76. The van der Waals surface area contributed by atoms with E-state index < -0.39 is 5.97 Å². The highest BCUT2D eigenvalue weighted by Crippen LogP contribution is 1.98. The fourth-order valence-electron chi connectivity index (χ4n) is 0.404. The summed E-state index contributed by atoms with van der Waals surface area (Å²) >= 11 is 0. The van der Waals surface area contributed by atoms with Crippen LogP contribution in [-0.4, -0.2) is 5.97 Å². The van der Waals surface area contributed by atoms with Gasteiger partial charge in [0, 0.05) is 10.1 Å². The van der Waals surface area contributed by atoms with Crippen LogP contribution >= 0.6 is 0 Å². The van der Waals surface area contributed by atoms with Crippen molar-refractivity contribution in [2.45, 2.75) is 13.3 Å². The molecule has 0 atom stereocenters. The Morgan fingerprint density at radius 1 is 1.80 bits per heavy atom. The van der Waals surface area contributed by atoms with E-state index in [-0.39, 0.29) is 5.57 Å². The van der Waals surface area contributed by atoms with E-state index >= 15 is 0 Å². The van der Waals surface area contributed by atoms with Crippen LogP contribution in [0.25, 0.3) is 0 Å². The molecule has 0 aliphatic carbocycles. The van der Waals surface area contributed by atoms with Crippen LogP contribution in [-0.2, 0) is 9.74 Å². The van der Waals surface area contributed by atoms with Crippen molar-refractivity contribution in [1.29, 1.82) is 0 Å². The van der Waals surface area contributed by atoms with Crippen molar-refractivity contribution in [3.05, 3.63) is 24.3 Å². The minimum atomic E-state index is -0.943. The first-order chi connectivity index (χ1) is 4.72. The summed E-state index contributed by atoms with van der Waals surface area (Å²) in [5, 5.41) is 0. The predicted octanol–water partition coefficient (Wildman–Crippen LogP) is 1.94. The van der Waals surface area contributed by atoms with Gasteiger partial charge < -0.3 is 0 Å². The molecule has 0 unspecified atom stereocenters. The Morgan fingerprint density at radius 3 is 2.80 bits per heavy atom. The lowest BCUT2D eigenvalue weighted by atomic mass is 10.2. The predicted molar refractivity (Wildman–Crippen MR) is 35.8 cm³/mol. The van der Waals surface area contributed by atoms with Crippen LogP contribution in [0.15, 0.2) is 24.3 Å². The van der Waals surface area contributed by atoms with Gasteiger partial charge in [-0.3, -0.25) is 0 Å². The van der Waals surface area contributed by atoms with E-state index in [1.54, 1.807) is 6.08 Å². The summed E-state index contributed by atoms with van der Waals surface area (Å²) < 4.78 is 11.1. The second kappa shape index (κ2) is 4.73. The van der Waals surface area contributed by atoms with Gasteiger partial charge >= 0.3 is 5.97 Å². The second-order valence-electron chi connectivity index (χ2n) is 1.78. The molecule has 2 nitrogen and oxygen atoms in total. The molecule has 0 rings (SSSR count). The quantitative estimate of drug-likeness (QED) is 0.447. The molecule has 0 aromatic heterocycles. The third kappa shape index (κ3) is 3.02. The molecule has 0 N–H and O–H groups in total. The summed E-state index contributed by atoms with van der Waals surface area (Å²) in [6.07, 6.45) is 3.69. The molecule has 3 heteroatoms. The lowest BCUT2D eigenvalue weighted by Crippen LogP contribution is -1.98. The molecular weight excluding hydrogens is 135 g/mol. The molecular formula is C7H9FO2. The minimum Gasteiger partial charge on any atom is -0.250 e. The molecule has 0 aliphatic rings. The van der Waals surface area contributed by atoms with Gasteiger partial charge in [0.15, 0.2) is 0 Å². The summed E-state index contributed by atoms with van der Waals surface area (Å²) in [7, 11) is 0. The Balaban J connectivity index is 3.91. The van der Waals surface area contributed by atoms with E-state index in [0.717, 1.165) is 0 Å². The number of hydrogen-bond donors (Lipinski definition) is 0. The third-order valence-electron chi connectivity index (χ3n) is 0.983. The first kappa shape index (κ1) is 8.88. The highest BCUT2D eigenvalue weighted by Gasteiger charge is 2.03. The number of hydrogen-bond acceptors (Lipinski definition) is 2. The number of carbonyl (C=O) groups excluding carboxylic acids is 1. The maximum absolute atomic E-state index is 11.1. The van der Waals surface area contributed by atoms with Crippen LogP contribution in [0.2, 0.25) is 0 Å². The van der Waals surface area contributed by atoms with Crippen molar-refractivity contribution in [3.8, 4) is 0 Å². The number of allylic oxidation sites excluding steroid dienone is 2. The van der Waals surface area contributed by atoms with Gasteiger partial charge in [-0.05, 0) is 13.3 Å². The summed E-state index contributed by atoms with van der Waals surface area (Å²) in [6.45, 7) is 4.90. The van der Waals surface area contributed by atoms with Gasteiger partial charge in [0.25, 0.3) is 0 Å². The van der Waals surface area contributed by atoms with Crippen LogP contribution in [0.3, 0.4) is 0 Å². The first-order valence-corrected chi connectivity index (χ1v) is 2.83. The fourth-order valence-corrected chi connectivity index (χ4v) is 0.404. The van der Waals surface area contributed by atoms with E-state index in [2.05, 4.69) is 11.5 Å². The van der Waals surface area contributed by atoms with E-state index in [1.165, 1.54) is 13.0 Å². The molecule has 0 heterocycles. The summed E-state index contributed by atoms with van der Waals surface area (Å²) in [6, 6.07) is 0. The van der Waals surface area contributed by atoms with Crippen LogP contribution < -0.4 is 0 Å².